The Hall–Kier alpha value is -1.77. The van der Waals surface area contributed by atoms with Crippen molar-refractivity contribution in [1.29, 1.82) is 0 Å². The third-order valence-electron chi connectivity index (χ3n) is 4.77. The molecule has 1 fully saturated rings. The van der Waals surface area contributed by atoms with Crippen LogP contribution in [0.5, 0.6) is 0 Å². The molecule has 21 heavy (non-hydrogen) atoms. The van der Waals surface area contributed by atoms with E-state index in [-0.39, 0.29) is 0 Å². The summed E-state index contributed by atoms with van der Waals surface area (Å²) in [6.07, 6.45) is 5.26. The summed E-state index contributed by atoms with van der Waals surface area (Å²) in [6, 6.07) is 10.8. The third-order valence-corrected chi connectivity index (χ3v) is 4.77. The van der Waals surface area contributed by atoms with E-state index in [1.54, 1.807) is 4.68 Å². The van der Waals surface area contributed by atoms with Gasteiger partial charge in [-0.05, 0) is 42.2 Å². The van der Waals surface area contributed by atoms with Crippen molar-refractivity contribution in [3.05, 3.63) is 35.9 Å². The highest BCUT2D eigenvalue weighted by Crippen LogP contribution is 2.43. The van der Waals surface area contributed by atoms with Crippen LogP contribution in [0.1, 0.15) is 51.0 Å². The van der Waals surface area contributed by atoms with Gasteiger partial charge in [-0.15, -0.1) is 0 Å². The van der Waals surface area contributed by atoms with Crippen molar-refractivity contribution >= 4 is 5.82 Å². The number of aryl methyl sites for hydroxylation is 1. The fraction of sp³-hybridized carbons (Fsp3) is 0.500. The first-order valence-electron chi connectivity index (χ1n) is 7.84. The lowest BCUT2D eigenvalue weighted by atomic mass is 9.70. The summed E-state index contributed by atoms with van der Waals surface area (Å²) in [6.45, 7) is 4.78. The minimum absolute atomic E-state index is 0.467. The Morgan fingerprint density at radius 1 is 1.29 bits per heavy atom. The van der Waals surface area contributed by atoms with E-state index in [9.17, 15) is 0 Å². The van der Waals surface area contributed by atoms with Gasteiger partial charge in [-0.25, -0.2) is 0 Å². The Morgan fingerprint density at radius 3 is 2.76 bits per heavy atom. The molecule has 3 rings (SSSR count). The van der Waals surface area contributed by atoms with E-state index >= 15 is 0 Å². The summed E-state index contributed by atoms with van der Waals surface area (Å²) in [4.78, 5) is 0. The second-order valence-electron chi connectivity index (χ2n) is 7.16. The standard InChI is InChI=1S/C18H25N3/c1-18(2)9-5-8-15(12-18)13-6-4-7-14(10-13)16-11-17(19)21(3)20-16/h4,6-7,10-11,15H,5,8-9,12,19H2,1-3H3. The number of nitrogens with zero attached hydrogens (tertiary/aromatic N) is 2. The summed E-state index contributed by atoms with van der Waals surface area (Å²) >= 11 is 0. The molecule has 1 heterocycles. The Balaban J connectivity index is 1.89. The highest BCUT2D eigenvalue weighted by molar-refractivity contribution is 5.63. The molecular formula is C18H25N3. The van der Waals surface area contributed by atoms with Gasteiger partial charge in [0.15, 0.2) is 0 Å². The van der Waals surface area contributed by atoms with E-state index in [1.807, 2.05) is 13.1 Å². The van der Waals surface area contributed by atoms with Crippen molar-refractivity contribution in [2.75, 3.05) is 5.73 Å². The average molecular weight is 283 g/mol. The third kappa shape index (κ3) is 2.97. The maximum atomic E-state index is 5.89. The molecule has 1 saturated carbocycles. The molecule has 1 unspecified atom stereocenters. The molecule has 0 radical (unpaired) electrons. The average Bonchev–Trinajstić information content (AvgIpc) is 2.78. The number of aromatic nitrogens is 2. The smallest absolute Gasteiger partial charge is 0.121 e. The number of anilines is 1. The summed E-state index contributed by atoms with van der Waals surface area (Å²) in [5.74, 6) is 1.38. The molecule has 2 aromatic rings. The van der Waals surface area contributed by atoms with Crippen molar-refractivity contribution < 1.29 is 0 Å². The summed E-state index contributed by atoms with van der Waals surface area (Å²) in [5.41, 5.74) is 9.94. The molecule has 3 nitrogen and oxygen atoms in total. The Morgan fingerprint density at radius 2 is 2.10 bits per heavy atom. The minimum Gasteiger partial charge on any atom is -0.384 e. The summed E-state index contributed by atoms with van der Waals surface area (Å²) in [5, 5.41) is 4.49. The first-order valence-corrected chi connectivity index (χ1v) is 7.84. The van der Waals surface area contributed by atoms with Gasteiger partial charge in [0, 0.05) is 18.7 Å². The fourth-order valence-corrected chi connectivity index (χ4v) is 3.56. The number of hydrogen-bond donors (Lipinski definition) is 1. The molecule has 1 aliphatic carbocycles. The highest BCUT2D eigenvalue weighted by Gasteiger charge is 2.28. The lowest BCUT2D eigenvalue weighted by molar-refractivity contribution is 0.219. The van der Waals surface area contributed by atoms with Crippen LogP contribution >= 0.6 is 0 Å². The van der Waals surface area contributed by atoms with Gasteiger partial charge in [0.05, 0.1) is 5.69 Å². The SMILES string of the molecule is Cn1nc(-c2cccc(C3CCCC(C)(C)C3)c2)cc1N. The number of nitrogen functional groups attached to an aromatic ring is 1. The predicted molar refractivity (Wildman–Crippen MR) is 88.0 cm³/mol. The monoisotopic (exact) mass is 283 g/mol. The maximum Gasteiger partial charge on any atom is 0.121 e. The number of rotatable bonds is 2. The first kappa shape index (κ1) is 14.2. The summed E-state index contributed by atoms with van der Waals surface area (Å²) in [7, 11) is 1.88. The molecule has 1 aliphatic rings. The van der Waals surface area contributed by atoms with Crippen LogP contribution in [0, 0.1) is 5.41 Å². The largest absolute Gasteiger partial charge is 0.384 e. The first-order chi connectivity index (χ1) is 9.94. The second-order valence-corrected chi connectivity index (χ2v) is 7.16. The Labute approximate surface area is 127 Å². The molecule has 0 bridgehead atoms. The molecular weight excluding hydrogens is 258 g/mol. The van der Waals surface area contributed by atoms with Gasteiger partial charge in [0.25, 0.3) is 0 Å². The number of nitrogens with two attached hydrogens (primary N) is 1. The van der Waals surface area contributed by atoms with Gasteiger partial charge >= 0.3 is 0 Å². The van der Waals surface area contributed by atoms with E-state index < -0.39 is 0 Å². The molecule has 0 spiro atoms. The molecule has 0 aliphatic heterocycles. The van der Waals surface area contributed by atoms with Crippen LogP contribution in [0.3, 0.4) is 0 Å². The van der Waals surface area contributed by atoms with Gasteiger partial charge < -0.3 is 5.73 Å². The van der Waals surface area contributed by atoms with Crippen molar-refractivity contribution in [1.82, 2.24) is 9.78 Å². The number of hydrogen-bond acceptors (Lipinski definition) is 2. The van der Waals surface area contributed by atoms with Gasteiger partial charge in [-0.1, -0.05) is 38.5 Å². The van der Waals surface area contributed by atoms with Crippen LogP contribution in [-0.2, 0) is 7.05 Å². The molecule has 1 atom stereocenters. The van der Waals surface area contributed by atoms with E-state index in [2.05, 4.69) is 43.2 Å². The van der Waals surface area contributed by atoms with Crippen molar-refractivity contribution in [2.24, 2.45) is 12.5 Å². The topological polar surface area (TPSA) is 43.8 Å². The normalized spacial score (nSPS) is 21.4. The van der Waals surface area contributed by atoms with Gasteiger partial charge in [-0.2, -0.15) is 5.10 Å². The second kappa shape index (κ2) is 5.21. The van der Waals surface area contributed by atoms with Crippen molar-refractivity contribution in [3.8, 4) is 11.3 Å². The molecule has 3 heteroatoms. The van der Waals surface area contributed by atoms with E-state index in [1.165, 1.54) is 36.8 Å². The van der Waals surface area contributed by atoms with Gasteiger partial charge in [-0.3, -0.25) is 4.68 Å². The zero-order valence-electron chi connectivity index (χ0n) is 13.3. The van der Waals surface area contributed by atoms with Crippen LogP contribution in [0.15, 0.2) is 30.3 Å². The molecule has 0 saturated heterocycles. The highest BCUT2D eigenvalue weighted by atomic mass is 15.3. The maximum absolute atomic E-state index is 5.89. The molecule has 112 valence electrons. The molecule has 2 N–H and O–H groups in total. The quantitative estimate of drug-likeness (QED) is 0.890. The van der Waals surface area contributed by atoms with Crippen LogP contribution in [-0.4, -0.2) is 9.78 Å². The van der Waals surface area contributed by atoms with Gasteiger partial charge in [0.2, 0.25) is 0 Å². The Bertz CT molecular complexity index is 620. The fourth-order valence-electron chi connectivity index (χ4n) is 3.56. The van der Waals surface area contributed by atoms with E-state index in [4.69, 9.17) is 5.73 Å². The van der Waals surface area contributed by atoms with Crippen molar-refractivity contribution in [3.63, 3.8) is 0 Å². The van der Waals surface area contributed by atoms with E-state index in [0.717, 1.165) is 5.69 Å². The van der Waals surface area contributed by atoms with Crippen molar-refractivity contribution in [2.45, 2.75) is 45.4 Å². The predicted octanol–water partition coefficient (Wildman–Crippen LogP) is 4.35. The van der Waals surface area contributed by atoms with E-state index in [0.29, 0.717) is 17.2 Å². The molecule has 0 amide bonds. The lowest BCUT2D eigenvalue weighted by Crippen LogP contribution is -2.21. The zero-order valence-corrected chi connectivity index (χ0v) is 13.3. The van der Waals surface area contributed by atoms with Gasteiger partial charge in [0.1, 0.15) is 5.82 Å². The Kier molecular flexibility index (Phi) is 3.52. The number of benzene rings is 1. The van der Waals surface area contributed by atoms with Crippen LogP contribution in [0.25, 0.3) is 11.3 Å². The van der Waals surface area contributed by atoms with Crippen LogP contribution in [0.2, 0.25) is 0 Å². The molecule has 1 aromatic heterocycles. The lowest BCUT2D eigenvalue weighted by Gasteiger charge is -2.35. The molecule has 1 aromatic carbocycles. The van der Waals surface area contributed by atoms with Crippen LogP contribution in [0.4, 0.5) is 5.82 Å². The summed E-state index contributed by atoms with van der Waals surface area (Å²) < 4.78 is 1.73. The zero-order chi connectivity index (χ0) is 15.0. The van der Waals surface area contributed by atoms with Crippen LogP contribution < -0.4 is 5.73 Å². The minimum atomic E-state index is 0.467.